The summed E-state index contributed by atoms with van der Waals surface area (Å²) in [5.74, 6) is 1.11. The highest BCUT2D eigenvalue weighted by atomic mass is 35.5. The van der Waals surface area contributed by atoms with E-state index >= 15 is 0 Å². The van der Waals surface area contributed by atoms with Crippen LogP contribution in [0.5, 0.6) is 17.2 Å². The van der Waals surface area contributed by atoms with E-state index in [4.69, 9.17) is 30.2 Å². The molecule has 1 aromatic heterocycles. The average molecular weight is 432 g/mol. The summed E-state index contributed by atoms with van der Waals surface area (Å²) in [7, 11) is 0. The van der Waals surface area contributed by atoms with E-state index in [1.54, 1.807) is 36.4 Å². The van der Waals surface area contributed by atoms with Gasteiger partial charge < -0.3 is 18.6 Å². The van der Waals surface area contributed by atoms with Crippen molar-refractivity contribution in [3.8, 4) is 28.7 Å². The summed E-state index contributed by atoms with van der Waals surface area (Å²) < 4.78 is 22.5. The molecule has 8 nitrogen and oxygen atoms in total. The molecule has 30 heavy (non-hydrogen) atoms. The lowest BCUT2D eigenvalue weighted by Crippen LogP contribution is -2.13. The van der Waals surface area contributed by atoms with Crippen LogP contribution in [-0.4, -0.2) is 35.9 Å². The Balaban J connectivity index is 1.85. The molecule has 0 atom stereocenters. The standard InChI is InChI=1S/C21H22ClN3O5/c1-4-27-16-11-14(12-17(28-5-2)18(16)29-6-3)19(26)23-21-25-24-20(30-21)13-7-9-15(22)10-8-13/h7-12H,4-6H2,1-3H3,(H,23,25,26). The highest BCUT2D eigenvalue weighted by Gasteiger charge is 2.20. The summed E-state index contributed by atoms with van der Waals surface area (Å²) in [4.78, 5) is 12.8. The summed E-state index contributed by atoms with van der Waals surface area (Å²) in [6, 6.07) is 10.1. The van der Waals surface area contributed by atoms with E-state index in [2.05, 4.69) is 15.5 Å². The van der Waals surface area contributed by atoms with Gasteiger partial charge in [0.1, 0.15) is 0 Å². The maximum Gasteiger partial charge on any atom is 0.322 e. The number of halogens is 1. The second-order valence-electron chi connectivity index (χ2n) is 5.97. The van der Waals surface area contributed by atoms with Crippen molar-refractivity contribution in [1.29, 1.82) is 0 Å². The molecule has 0 unspecified atom stereocenters. The molecule has 0 radical (unpaired) electrons. The molecule has 0 saturated carbocycles. The molecule has 0 aliphatic heterocycles. The first-order chi connectivity index (χ1) is 14.5. The highest BCUT2D eigenvalue weighted by molar-refractivity contribution is 6.30. The fraction of sp³-hybridized carbons (Fsp3) is 0.286. The number of benzene rings is 2. The maximum absolute atomic E-state index is 12.8. The number of rotatable bonds is 9. The van der Waals surface area contributed by atoms with Crippen LogP contribution in [0.25, 0.3) is 11.5 Å². The number of anilines is 1. The van der Waals surface area contributed by atoms with Crippen LogP contribution in [0.2, 0.25) is 5.02 Å². The normalized spacial score (nSPS) is 10.5. The monoisotopic (exact) mass is 431 g/mol. The molecule has 3 rings (SSSR count). The predicted molar refractivity (Wildman–Crippen MR) is 113 cm³/mol. The summed E-state index contributed by atoms with van der Waals surface area (Å²) in [5.41, 5.74) is 0.988. The Labute approximate surface area is 179 Å². The van der Waals surface area contributed by atoms with E-state index in [1.807, 2.05) is 20.8 Å². The van der Waals surface area contributed by atoms with Crippen LogP contribution in [0, 0.1) is 0 Å². The van der Waals surface area contributed by atoms with Crippen LogP contribution in [0.1, 0.15) is 31.1 Å². The number of hydrogen-bond donors (Lipinski definition) is 1. The first kappa shape index (κ1) is 21.4. The first-order valence-corrected chi connectivity index (χ1v) is 9.90. The van der Waals surface area contributed by atoms with Gasteiger partial charge >= 0.3 is 6.01 Å². The third-order valence-corrected chi connectivity index (χ3v) is 4.16. The molecule has 1 heterocycles. The van der Waals surface area contributed by atoms with Crippen LogP contribution in [0.4, 0.5) is 6.01 Å². The van der Waals surface area contributed by atoms with Gasteiger partial charge in [0.15, 0.2) is 11.5 Å². The Morgan fingerprint density at radius 3 is 2.13 bits per heavy atom. The van der Waals surface area contributed by atoms with Crippen molar-refractivity contribution in [2.45, 2.75) is 20.8 Å². The Hall–Kier alpha value is -3.26. The minimum Gasteiger partial charge on any atom is -0.490 e. The summed E-state index contributed by atoms with van der Waals surface area (Å²) in [5, 5.41) is 11.0. The molecular formula is C21H22ClN3O5. The minimum atomic E-state index is -0.453. The number of amides is 1. The molecule has 1 amide bonds. The van der Waals surface area contributed by atoms with Crippen molar-refractivity contribution in [3.63, 3.8) is 0 Å². The van der Waals surface area contributed by atoms with Crippen molar-refractivity contribution in [1.82, 2.24) is 10.2 Å². The van der Waals surface area contributed by atoms with Gasteiger partial charge in [0.2, 0.25) is 11.6 Å². The van der Waals surface area contributed by atoms with E-state index in [0.717, 1.165) is 0 Å². The first-order valence-electron chi connectivity index (χ1n) is 9.52. The topological polar surface area (TPSA) is 95.7 Å². The number of ether oxygens (including phenoxy) is 3. The second-order valence-corrected chi connectivity index (χ2v) is 6.41. The molecule has 1 N–H and O–H groups in total. The average Bonchev–Trinajstić information content (AvgIpc) is 3.19. The smallest absolute Gasteiger partial charge is 0.322 e. The Morgan fingerprint density at radius 1 is 0.967 bits per heavy atom. The van der Waals surface area contributed by atoms with Crippen LogP contribution >= 0.6 is 11.6 Å². The summed E-state index contributed by atoms with van der Waals surface area (Å²) >= 11 is 5.89. The van der Waals surface area contributed by atoms with Crippen molar-refractivity contribution in [2.75, 3.05) is 25.1 Å². The van der Waals surface area contributed by atoms with Gasteiger partial charge in [0, 0.05) is 16.1 Å². The fourth-order valence-electron chi connectivity index (χ4n) is 2.67. The molecule has 3 aromatic rings. The van der Waals surface area contributed by atoms with E-state index in [1.165, 1.54) is 0 Å². The number of hydrogen-bond acceptors (Lipinski definition) is 7. The van der Waals surface area contributed by atoms with Crippen LogP contribution in [0.3, 0.4) is 0 Å². The largest absolute Gasteiger partial charge is 0.490 e. The third kappa shape index (κ3) is 5.01. The molecular weight excluding hydrogens is 410 g/mol. The van der Waals surface area contributed by atoms with Crippen LogP contribution in [-0.2, 0) is 0 Å². The van der Waals surface area contributed by atoms with Crippen molar-refractivity contribution in [3.05, 3.63) is 47.0 Å². The van der Waals surface area contributed by atoms with Gasteiger partial charge in [-0.1, -0.05) is 16.7 Å². The second kappa shape index (κ2) is 9.98. The van der Waals surface area contributed by atoms with Gasteiger partial charge in [-0.25, -0.2) is 0 Å². The number of nitrogens with one attached hydrogen (secondary N) is 1. The van der Waals surface area contributed by atoms with Crippen molar-refractivity contribution >= 4 is 23.5 Å². The molecule has 0 fully saturated rings. The van der Waals surface area contributed by atoms with Crippen LogP contribution in [0.15, 0.2) is 40.8 Å². The van der Waals surface area contributed by atoms with E-state index < -0.39 is 5.91 Å². The lowest BCUT2D eigenvalue weighted by Gasteiger charge is -2.16. The zero-order chi connectivity index (χ0) is 21.5. The van der Waals surface area contributed by atoms with Gasteiger partial charge in [0.25, 0.3) is 5.91 Å². The zero-order valence-corrected chi connectivity index (χ0v) is 17.7. The molecule has 2 aromatic carbocycles. The molecule has 0 saturated heterocycles. The highest BCUT2D eigenvalue weighted by Crippen LogP contribution is 2.39. The lowest BCUT2D eigenvalue weighted by atomic mass is 10.1. The lowest BCUT2D eigenvalue weighted by molar-refractivity contribution is 0.102. The molecule has 158 valence electrons. The third-order valence-electron chi connectivity index (χ3n) is 3.91. The number of nitrogens with zero attached hydrogens (tertiary/aromatic N) is 2. The number of carbonyl (C=O) groups excluding carboxylic acids is 1. The van der Waals surface area contributed by atoms with Gasteiger partial charge in [-0.05, 0) is 57.2 Å². The molecule has 0 aliphatic carbocycles. The molecule has 9 heteroatoms. The minimum absolute atomic E-state index is 0.0326. The maximum atomic E-state index is 12.8. The van der Waals surface area contributed by atoms with E-state index in [0.29, 0.717) is 53.2 Å². The molecule has 0 spiro atoms. The van der Waals surface area contributed by atoms with Gasteiger partial charge in [-0.2, -0.15) is 0 Å². The van der Waals surface area contributed by atoms with Crippen molar-refractivity contribution < 1.29 is 23.4 Å². The number of carbonyl (C=O) groups is 1. The predicted octanol–water partition coefficient (Wildman–Crippen LogP) is 4.84. The van der Waals surface area contributed by atoms with Crippen LogP contribution < -0.4 is 19.5 Å². The van der Waals surface area contributed by atoms with Gasteiger partial charge in [0.05, 0.1) is 19.8 Å². The quantitative estimate of drug-likeness (QED) is 0.517. The van der Waals surface area contributed by atoms with Gasteiger partial charge in [-0.3, -0.25) is 10.1 Å². The zero-order valence-electron chi connectivity index (χ0n) is 16.9. The fourth-order valence-corrected chi connectivity index (χ4v) is 2.80. The van der Waals surface area contributed by atoms with E-state index in [-0.39, 0.29) is 11.9 Å². The van der Waals surface area contributed by atoms with E-state index in [9.17, 15) is 4.79 Å². The number of aromatic nitrogens is 2. The summed E-state index contributed by atoms with van der Waals surface area (Å²) in [6.45, 7) is 6.80. The SMILES string of the molecule is CCOc1cc(C(=O)Nc2nnc(-c3ccc(Cl)cc3)o2)cc(OCC)c1OCC. The molecule has 0 aliphatic rings. The Bertz CT molecular complexity index is 977. The Morgan fingerprint density at radius 2 is 1.57 bits per heavy atom. The Kier molecular flexibility index (Phi) is 7.13. The van der Waals surface area contributed by atoms with Gasteiger partial charge in [-0.15, -0.1) is 5.10 Å². The summed E-state index contributed by atoms with van der Waals surface area (Å²) in [6.07, 6.45) is 0. The van der Waals surface area contributed by atoms with Crippen molar-refractivity contribution in [2.24, 2.45) is 0 Å². The molecule has 0 bridgehead atoms.